The lowest BCUT2D eigenvalue weighted by Gasteiger charge is -2.34. The van der Waals surface area contributed by atoms with E-state index in [0.717, 1.165) is 12.3 Å². The summed E-state index contributed by atoms with van der Waals surface area (Å²) in [6.07, 6.45) is 5.82. The van der Waals surface area contributed by atoms with Crippen LogP contribution in [0.3, 0.4) is 0 Å². The van der Waals surface area contributed by atoms with Crippen LogP contribution < -0.4 is 10.1 Å². The molecule has 0 aliphatic carbocycles. The number of likely N-dealkylation sites (tertiary alicyclic amines) is 1. The first-order valence-corrected chi connectivity index (χ1v) is 8.06. The number of nitrogens with zero attached hydrogens (tertiary/aromatic N) is 1. The molecule has 4 heteroatoms. The Kier molecular flexibility index (Phi) is 6.30. The van der Waals surface area contributed by atoms with Crippen LogP contribution in [0.25, 0.3) is 0 Å². The third-order valence-electron chi connectivity index (χ3n) is 4.90. The molecule has 2 heterocycles. The molecule has 0 amide bonds. The maximum Gasteiger partial charge on any atom is 0.124 e. The Morgan fingerprint density at radius 3 is 2.77 bits per heavy atom. The summed E-state index contributed by atoms with van der Waals surface area (Å²) in [5.41, 5.74) is 1.87. The highest BCUT2D eigenvalue weighted by Gasteiger charge is 2.38. The van der Waals surface area contributed by atoms with Gasteiger partial charge in [0.05, 0.1) is 0 Å². The molecule has 22 heavy (non-hydrogen) atoms. The molecule has 0 atom stereocenters. The summed E-state index contributed by atoms with van der Waals surface area (Å²) >= 11 is 0. The van der Waals surface area contributed by atoms with E-state index in [4.69, 9.17) is 4.74 Å². The van der Waals surface area contributed by atoms with E-state index in [2.05, 4.69) is 35.0 Å². The Morgan fingerprint density at radius 2 is 2.00 bits per heavy atom. The molecule has 0 bridgehead atoms. The normalized spacial score (nSPS) is 20.5. The van der Waals surface area contributed by atoms with Crippen molar-refractivity contribution in [1.82, 2.24) is 10.2 Å². The Bertz CT molecular complexity index is 486. The number of hydrogen-bond donors (Lipinski definition) is 1. The minimum absolute atomic E-state index is 0. The lowest BCUT2D eigenvalue weighted by atomic mass is 9.78. The van der Waals surface area contributed by atoms with Gasteiger partial charge in [0.2, 0.25) is 0 Å². The number of ether oxygens (including phenoxy) is 1. The van der Waals surface area contributed by atoms with Crippen LogP contribution in [0.2, 0.25) is 0 Å². The Hall–Kier alpha value is -1.03. The van der Waals surface area contributed by atoms with Crippen LogP contribution in [0.15, 0.2) is 36.9 Å². The quantitative estimate of drug-likeness (QED) is 0.842. The van der Waals surface area contributed by atoms with Crippen LogP contribution >= 0.6 is 12.4 Å². The van der Waals surface area contributed by atoms with Gasteiger partial charge in [-0.1, -0.05) is 30.9 Å². The molecule has 0 unspecified atom stereocenters. The molecule has 1 aromatic rings. The highest BCUT2D eigenvalue weighted by Crippen LogP contribution is 2.39. The van der Waals surface area contributed by atoms with Crippen molar-refractivity contribution >= 4 is 12.4 Å². The molecule has 1 aromatic carbocycles. The van der Waals surface area contributed by atoms with E-state index in [1.807, 2.05) is 6.07 Å². The highest BCUT2D eigenvalue weighted by atomic mass is 35.5. The molecule has 2 aliphatic heterocycles. The van der Waals surface area contributed by atoms with Gasteiger partial charge in [0.25, 0.3) is 0 Å². The third kappa shape index (κ3) is 4.03. The van der Waals surface area contributed by atoms with Gasteiger partial charge in [0.1, 0.15) is 12.4 Å². The second-order valence-corrected chi connectivity index (χ2v) is 6.42. The molecule has 0 radical (unpaired) electrons. The molecule has 1 spiro atoms. The van der Waals surface area contributed by atoms with Gasteiger partial charge in [-0.05, 0) is 50.4 Å². The molecule has 2 fully saturated rings. The summed E-state index contributed by atoms with van der Waals surface area (Å²) in [4.78, 5) is 2.60. The molecule has 122 valence electrons. The average molecular weight is 323 g/mol. The van der Waals surface area contributed by atoms with Crippen molar-refractivity contribution < 1.29 is 4.74 Å². The van der Waals surface area contributed by atoms with Crippen LogP contribution in [-0.2, 0) is 6.54 Å². The van der Waals surface area contributed by atoms with E-state index in [1.165, 1.54) is 51.0 Å². The van der Waals surface area contributed by atoms with E-state index >= 15 is 0 Å². The van der Waals surface area contributed by atoms with Crippen LogP contribution in [0, 0.1) is 5.41 Å². The zero-order chi connectivity index (χ0) is 14.5. The standard InChI is InChI=1S/C18H26N2O.ClH/c1-2-13-21-17-6-4-3-5-16(17)14-20-12-9-18(15-20)7-10-19-11-8-18;/h2-6,19H,1,7-15H2;1H. The molecule has 3 nitrogen and oxygen atoms in total. The van der Waals surface area contributed by atoms with Crippen LogP contribution in [0.5, 0.6) is 5.75 Å². The van der Waals surface area contributed by atoms with E-state index in [1.54, 1.807) is 6.08 Å². The van der Waals surface area contributed by atoms with E-state index in [9.17, 15) is 0 Å². The number of halogens is 1. The lowest BCUT2D eigenvalue weighted by molar-refractivity contribution is 0.193. The summed E-state index contributed by atoms with van der Waals surface area (Å²) in [7, 11) is 0. The Labute approximate surface area is 140 Å². The fourth-order valence-corrected chi connectivity index (χ4v) is 3.69. The fourth-order valence-electron chi connectivity index (χ4n) is 3.69. The molecule has 1 N–H and O–H groups in total. The summed E-state index contributed by atoms with van der Waals surface area (Å²) in [6, 6.07) is 8.40. The molecule has 0 saturated carbocycles. The predicted molar refractivity (Wildman–Crippen MR) is 93.8 cm³/mol. The van der Waals surface area contributed by atoms with Gasteiger partial charge in [-0.3, -0.25) is 4.90 Å². The van der Waals surface area contributed by atoms with Crippen molar-refractivity contribution in [2.75, 3.05) is 32.8 Å². The zero-order valence-corrected chi connectivity index (χ0v) is 14.0. The Morgan fingerprint density at radius 1 is 1.23 bits per heavy atom. The molecule has 0 aromatic heterocycles. The van der Waals surface area contributed by atoms with E-state index in [0.29, 0.717) is 12.0 Å². The second kappa shape index (κ2) is 8.00. The molecule has 2 saturated heterocycles. The van der Waals surface area contributed by atoms with E-state index in [-0.39, 0.29) is 12.4 Å². The number of rotatable bonds is 5. The van der Waals surface area contributed by atoms with Gasteiger partial charge in [-0.2, -0.15) is 0 Å². The van der Waals surface area contributed by atoms with Crippen molar-refractivity contribution in [3.63, 3.8) is 0 Å². The molecular weight excluding hydrogens is 296 g/mol. The highest BCUT2D eigenvalue weighted by molar-refractivity contribution is 5.85. The maximum absolute atomic E-state index is 5.78. The van der Waals surface area contributed by atoms with Crippen LogP contribution in [0.1, 0.15) is 24.8 Å². The maximum atomic E-state index is 5.78. The van der Waals surface area contributed by atoms with Gasteiger partial charge in [-0.15, -0.1) is 12.4 Å². The number of para-hydroxylation sites is 1. The predicted octanol–water partition coefficient (Wildman–Crippen LogP) is 3.25. The third-order valence-corrected chi connectivity index (χ3v) is 4.90. The number of hydrogen-bond acceptors (Lipinski definition) is 3. The van der Waals surface area contributed by atoms with Crippen LogP contribution in [0.4, 0.5) is 0 Å². The van der Waals surface area contributed by atoms with Crippen LogP contribution in [-0.4, -0.2) is 37.7 Å². The molecule has 2 aliphatic rings. The van der Waals surface area contributed by atoms with Gasteiger partial charge < -0.3 is 10.1 Å². The zero-order valence-electron chi connectivity index (χ0n) is 13.2. The largest absolute Gasteiger partial charge is 0.489 e. The summed E-state index contributed by atoms with van der Waals surface area (Å²) in [6.45, 7) is 10.1. The number of nitrogens with one attached hydrogen (secondary N) is 1. The first kappa shape index (κ1) is 17.3. The number of benzene rings is 1. The van der Waals surface area contributed by atoms with Crippen molar-refractivity contribution in [2.45, 2.75) is 25.8 Å². The van der Waals surface area contributed by atoms with Crippen molar-refractivity contribution in [3.05, 3.63) is 42.5 Å². The topological polar surface area (TPSA) is 24.5 Å². The first-order chi connectivity index (χ1) is 10.3. The van der Waals surface area contributed by atoms with Gasteiger partial charge >= 0.3 is 0 Å². The first-order valence-electron chi connectivity index (χ1n) is 8.06. The minimum Gasteiger partial charge on any atom is -0.489 e. The van der Waals surface area contributed by atoms with Gasteiger partial charge in [0, 0.05) is 18.7 Å². The van der Waals surface area contributed by atoms with Crippen molar-refractivity contribution in [2.24, 2.45) is 5.41 Å². The average Bonchev–Trinajstić information content (AvgIpc) is 2.89. The monoisotopic (exact) mass is 322 g/mol. The summed E-state index contributed by atoms with van der Waals surface area (Å²) < 4.78 is 5.78. The number of piperidine rings is 1. The fraction of sp³-hybridized carbons (Fsp3) is 0.556. The molecule has 3 rings (SSSR count). The van der Waals surface area contributed by atoms with Gasteiger partial charge in [0.15, 0.2) is 0 Å². The summed E-state index contributed by atoms with van der Waals surface area (Å²) in [5, 5.41) is 3.48. The van der Waals surface area contributed by atoms with Crippen molar-refractivity contribution in [1.29, 1.82) is 0 Å². The molecular formula is C18H27ClN2O. The minimum atomic E-state index is 0. The summed E-state index contributed by atoms with van der Waals surface area (Å²) in [5.74, 6) is 1.00. The SMILES string of the molecule is C=CCOc1ccccc1CN1CCC2(CCNCC2)C1.Cl. The van der Waals surface area contributed by atoms with E-state index < -0.39 is 0 Å². The smallest absolute Gasteiger partial charge is 0.124 e. The van der Waals surface area contributed by atoms with Crippen molar-refractivity contribution in [3.8, 4) is 5.75 Å². The second-order valence-electron chi connectivity index (χ2n) is 6.42. The van der Waals surface area contributed by atoms with Gasteiger partial charge in [-0.25, -0.2) is 0 Å². The Balaban J connectivity index is 0.00000176. The lowest BCUT2D eigenvalue weighted by Crippen LogP contribution is -2.38.